The lowest BCUT2D eigenvalue weighted by Gasteiger charge is -1.96. The maximum absolute atomic E-state index is 11.8. The Morgan fingerprint density at radius 3 is 2.56 bits per heavy atom. The lowest BCUT2D eigenvalue weighted by atomic mass is 10.1. The van der Waals surface area contributed by atoms with E-state index in [-0.39, 0.29) is 5.78 Å². The maximum Gasteiger partial charge on any atom is 0.185 e. The molecule has 0 radical (unpaired) electrons. The van der Waals surface area contributed by atoms with Gasteiger partial charge in [0.2, 0.25) is 0 Å². The van der Waals surface area contributed by atoms with Crippen molar-refractivity contribution in [1.29, 1.82) is 0 Å². The van der Waals surface area contributed by atoms with Crippen LogP contribution in [0, 0.1) is 6.92 Å². The molecule has 0 fully saturated rings. The summed E-state index contributed by atoms with van der Waals surface area (Å²) in [7, 11) is 0. The Balaban J connectivity index is 2.11. The first-order valence-corrected chi connectivity index (χ1v) is 5.18. The van der Waals surface area contributed by atoms with E-state index in [1.54, 1.807) is 12.2 Å². The minimum Gasteiger partial charge on any atom is -0.362 e. The number of hydrogen-bond donors (Lipinski definition) is 1. The van der Waals surface area contributed by atoms with Crippen molar-refractivity contribution in [1.82, 2.24) is 4.98 Å². The number of carbonyl (C=O) groups is 1. The Hall–Kier alpha value is -2.09. The van der Waals surface area contributed by atoms with Crippen LogP contribution in [0.1, 0.15) is 21.6 Å². The Bertz CT molecular complexity index is 492. The van der Waals surface area contributed by atoms with E-state index in [2.05, 4.69) is 4.98 Å². The molecule has 0 atom stereocenters. The van der Waals surface area contributed by atoms with E-state index in [0.29, 0.717) is 5.56 Å². The number of H-pyrrole nitrogens is 1. The average Bonchev–Trinajstić information content (AvgIpc) is 2.80. The first-order valence-electron chi connectivity index (χ1n) is 5.18. The number of aryl methyl sites for hydroxylation is 1. The van der Waals surface area contributed by atoms with Crippen molar-refractivity contribution in [2.24, 2.45) is 0 Å². The van der Waals surface area contributed by atoms with Gasteiger partial charge >= 0.3 is 0 Å². The maximum atomic E-state index is 11.8. The first-order chi connectivity index (χ1) is 7.75. The van der Waals surface area contributed by atoms with Gasteiger partial charge in [-0.15, -0.1) is 0 Å². The molecule has 1 heterocycles. The molecule has 1 N–H and O–H groups in total. The number of nitrogens with one attached hydrogen (secondary N) is 1. The summed E-state index contributed by atoms with van der Waals surface area (Å²) in [5.74, 6) is 0.0228. The van der Waals surface area contributed by atoms with Crippen molar-refractivity contribution >= 4 is 11.9 Å². The van der Waals surface area contributed by atoms with E-state index in [0.717, 1.165) is 11.3 Å². The van der Waals surface area contributed by atoms with Gasteiger partial charge in [-0.25, -0.2) is 0 Å². The third-order valence-electron chi connectivity index (χ3n) is 2.37. The molecule has 1 aromatic heterocycles. The number of aromatic amines is 1. The molecular formula is C14H13NO. The molecule has 80 valence electrons. The second-order valence-electron chi connectivity index (χ2n) is 3.69. The van der Waals surface area contributed by atoms with Gasteiger partial charge in [-0.2, -0.15) is 0 Å². The Morgan fingerprint density at radius 2 is 1.94 bits per heavy atom. The zero-order valence-corrected chi connectivity index (χ0v) is 9.10. The van der Waals surface area contributed by atoms with Crippen LogP contribution >= 0.6 is 0 Å². The van der Waals surface area contributed by atoms with Gasteiger partial charge in [0.1, 0.15) is 0 Å². The highest BCUT2D eigenvalue weighted by Crippen LogP contribution is 2.06. The van der Waals surface area contributed by atoms with Crippen molar-refractivity contribution in [3.8, 4) is 0 Å². The molecule has 2 nitrogen and oxygen atoms in total. The smallest absolute Gasteiger partial charge is 0.185 e. The fourth-order valence-electron chi connectivity index (χ4n) is 1.43. The molecule has 16 heavy (non-hydrogen) atoms. The lowest BCUT2D eigenvalue weighted by molar-refractivity contribution is 0.104. The van der Waals surface area contributed by atoms with Gasteiger partial charge < -0.3 is 4.98 Å². The highest BCUT2D eigenvalue weighted by Gasteiger charge is 2.00. The van der Waals surface area contributed by atoms with Crippen LogP contribution in [-0.4, -0.2) is 10.8 Å². The van der Waals surface area contributed by atoms with E-state index in [9.17, 15) is 4.79 Å². The van der Waals surface area contributed by atoms with Gasteiger partial charge in [0.15, 0.2) is 5.78 Å². The molecule has 0 saturated heterocycles. The summed E-state index contributed by atoms with van der Waals surface area (Å²) in [5, 5.41) is 0. The quantitative estimate of drug-likeness (QED) is 0.613. The summed E-state index contributed by atoms with van der Waals surface area (Å²) in [6.07, 6.45) is 5.19. The molecule has 2 rings (SSSR count). The zero-order valence-electron chi connectivity index (χ0n) is 9.10. The fourth-order valence-corrected chi connectivity index (χ4v) is 1.43. The molecule has 2 aromatic rings. The molecule has 1 aromatic carbocycles. The van der Waals surface area contributed by atoms with Crippen molar-refractivity contribution in [3.63, 3.8) is 0 Å². The standard InChI is InChI=1S/C14H13NO/c1-11-4-6-12(7-5-11)14(16)9-8-13-3-2-10-15-13/h2-10,15H,1H3/b9-8+. The highest BCUT2D eigenvalue weighted by molar-refractivity contribution is 6.06. The van der Waals surface area contributed by atoms with Gasteiger partial charge in [0.05, 0.1) is 0 Å². The van der Waals surface area contributed by atoms with Crippen molar-refractivity contribution < 1.29 is 4.79 Å². The Labute approximate surface area is 94.6 Å². The van der Waals surface area contributed by atoms with Crippen LogP contribution in [0.3, 0.4) is 0 Å². The van der Waals surface area contributed by atoms with Gasteiger partial charge in [0, 0.05) is 17.5 Å². The predicted octanol–water partition coefficient (Wildman–Crippen LogP) is 3.22. The summed E-state index contributed by atoms with van der Waals surface area (Å²) in [5.41, 5.74) is 2.80. The van der Waals surface area contributed by atoms with Crippen LogP contribution < -0.4 is 0 Å². The first kappa shape index (κ1) is 10.4. The summed E-state index contributed by atoms with van der Waals surface area (Å²) in [6.45, 7) is 2.00. The second-order valence-corrected chi connectivity index (χ2v) is 3.69. The van der Waals surface area contributed by atoms with E-state index in [4.69, 9.17) is 0 Å². The normalized spacial score (nSPS) is 10.8. The number of allylic oxidation sites excluding steroid dienone is 1. The van der Waals surface area contributed by atoms with Crippen molar-refractivity contribution in [3.05, 3.63) is 65.5 Å². The summed E-state index contributed by atoms with van der Waals surface area (Å²) >= 11 is 0. The summed E-state index contributed by atoms with van der Waals surface area (Å²) in [6, 6.07) is 11.4. The summed E-state index contributed by atoms with van der Waals surface area (Å²) in [4.78, 5) is 14.8. The number of ketones is 1. The van der Waals surface area contributed by atoms with E-state index < -0.39 is 0 Å². The van der Waals surface area contributed by atoms with Crippen LogP contribution in [0.2, 0.25) is 0 Å². The number of benzene rings is 1. The zero-order chi connectivity index (χ0) is 11.4. The Kier molecular flexibility index (Phi) is 3.01. The van der Waals surface area contributed by atoms with Crippen LogP contribution in [0.25, 0.3) is 6.08 Å². The predicted molar refractivity (Wildman–Crippen MR) is 65.3 cm³/mol. The molecular weight excluding hydrogens is 198 g/mol. The largest absolute Gasteiger partial charge is 0.362 e. The van der Waals surface area contributed by atoms with Crippen LogP contribution in [0.5, 0.6) is 0 Å². The minimum absolute atomic E-state index is 0.0228. The van der Waals surface area contributed by atoms with Gasteiger partial charge in [-0.3, -0.25) is 4.79 Å². The average molecular weight is 211 g/mol. The minimum atomic E-state index is 0.0228. The van der Waals surface area contributed by atoms with Gasteiger partial charge in [0.25, 0.3) is 0 Å². The Morgan fingerprint density at radius 1 is 1.19 bits per heavy atom. The molecule has 0 aliphatic heterocycles. The molecule has 0 amide bonds. The second kappa shape index (κ2) is 4.62. The molecule has 0 saturated carbocycles. The molecule has 2 heteroatoms. The number of rotatable bonds is 3. The topological polar surface area (TPSA) is 32.9 Å². The van der Waals surface area contributed by atoms with Crippen molar-refractivity contribution in [2.75, 3.05) is 0 Å². The van der Waals surface area contributed by atoms with Crippen molar-refractivity contribution in [2.45, 2.75) is 6.92 Å². The lowest BCUT2D eigenvalue weighted by Crippen LogP contribution is -1.93. The fraction of sp³-hybridized carbons (Fsp3) is 0.0714. The monoisotopic (exact) mass is 211 g/mol. The number of aromatic nitrogens is 1. The van der Waals surface area contributed by atoms with Crippen LogP contribution in [0.4, 0.5) is 0 Å². The molecule has 0 spiro atoms. The number of carbonyl (C=O) groups excluding carboxylic acids is 1. The van der Waals surface area contributed by atoms with Crippen LogP contribution in [-0.2, 0) is 0 Å². The number of hydrogen-bond acceptors (Lipinski definition) is 1. The molecule has 0 aliphatic carbocycles. The van der Waals surface area contributed by atoms with E-state index in [1.165, 1.54) is 0 Å². The molecule has 0 unspecified atom stereocenters. The van der Waals surface area contributed by atoms with Gasteiger partial charge in [-0.05, 0) is 31.2 Å². The van der Waals surface area contributed by atoms with Crippen LogP contribution in [0.15, 0.2) is 48.7 Å². The third kappa shape index (κ3) is 2.48. The molecule has 0 bridgehead atoms. The van der Waals surface area contributed by atoms with Gasteiger partial charge in [-0.1, -0.05) is 29.8 Å². The van der Waals surface area contributed by atoms with E-state index in [1.807, 2.05) is 49.5 Å². The highest BCUT2D eigenvalue weighted by atomic mass is 16.1. The summed E-state index contributed by atoms with van der Waals surface area (Å²) < 4.78 is 0. The third-order valence-corrected chi connectivity index (χ3v) is 2.37. The SMILES string of the molecule is Cc1ccc(C(=O)/C=C/c2ccc[nH]2)cc1. The molecule has 0 aliphatic rings. The van der Waals surface area contributed by atoms with E-state index >= 15 is 0 Å².